The van der Waals surface area contributed by atoms with Crippen molar-refractivity contribution >= 4 is 11.7 Å². The lowest BCUT2D eigenvalue weighted by atomic mass is 10.3. The minimum atomic E-state index is -0.322. The molecule has 0 radical (unpaired) electrons. The summed E-state index contributed by atoms with van der Waals surface area (Å²) < 4.78 is 3.09. The highest BCUT2D eigenvalue weighted by Gasteiger charge is 2.16. The summed E-state index contributed by atoms with van der Waals surface area (Å²) in [5.41, 5.74) is 1.55. The molecule has 2 heterocycles. The highest BCUT2D eigenvalue weighted by molar-refractivity contribution is 6.03. The van der Waals surface area contributed by atoms with Crippen molar-refractivity contribution < 1.29 is 4.79 Å². The van der Waals surface area contributed by atoms with Crippen LogP contribution in [0.25, 0.3) is 0 Å². The zero-order chi connectivity index (χ0) is 14.0. The number of nitriles is 1. The van der Waals surface area contributed by atoms with Crippen molar-refractivity contribution in [2.45, 2.75) is 20.4 Å². The second kappa shape index (κ2) is 4.94. The third-order valence-corrected chi connectivity index (χ3v) is 2.62. The van der Waals surface area contributed by atoms with Crippen molar-refractivity contribution in [1.82, 2.24) is 19.6 Å². The van der Waals surface area contributed by atoms with Gasteiger partial charge in [-0.15, -0.1) is 0 Å². The molecule has 1 amide bonds. The predicted molar refractivity (Wildman–Crippen MR) is 68.5 cm³/mol. The van der Waals surface area contributed by atoms with Gasteiger partial charge in [-0.2, -0.15) is 15.5 Å². The average Bonchev–Trinajstić information content (AvgIpc) is 2.92. The number of hydrogen-bond donors (Lipinski definition) is 1. The Bertz CT molecular complexity index is 660. The first-order valence-electron chi connectivity index (χ1n) is 5.84. The normalized spacial score (nSPS) is 10.2. The summed E-state index contributed by atoms with van der Waals surface area (Å²) in [6.07, 6.45) is 1.55. The van der Waals surface area contributed by atoms with E-state index in [9.17, 15) is 4.79 Å². The maximum Gasteiger partial charge on any atom is 0.275 e. The van der Waals surface area contributed by atoms with Crippen LogP contribution >= 0.6 is 0 Å². The lowest BCUT2D eigenvalue weighted by Crippen LogP contribution is -2.18. The highest BCUT2D eigenvalue weighted by Crippen LogP contribution is 2.13. The average molecular weight is 258 g/mol. The van der Waals surface area contributed by atoms with Crippen LogP contribution in [0.15, 0.2) is 12.3 Å². The fourth-order valence-electron chi connectivity index (χ4n) is 1.80. The molecule has 0 fully saturated rings. The van der Waals surface area contributed by atoms with E-state index in [1.54, 1.807) is 24.0 Å². The van der Waals surface area contributed by atoms with Crippen LogP contribution in [0, 0.1) is 18.3 Å². The van der Waals surface area contributed by atoms with Crippen molar-refractivity contribution in [3.05, 3.63) is 29.2 Å². The zero-order valence-electron chi connectivity index (χ0n) is 11.0. The Kier molecular flexibility index (Phi) is 3.33. The molecule has 0 aliphatic heterocycles. The number of anilines is 1. The molecule has 7 heteroatoms. The van der Waals surface area contributed by atoms with Gasteiger partial charge in [0.2, 0.25) is 0 Å². The Balaban J connectivity index is 2.28. The van der Waals surface area contributed by atoms with Crippen LogP contribution in [0.4, 0.5) is 5.82 Å². The monoisotopic (exact) mass is 258 g/mol. The number of aromatic nitrogens is 4. The molecule has 0 unspecified atom stereocenters. The van der Waals surface area contributed by atoms with Crippen molar-refractivity contribution in [3.8, 4) is 6.07 Å². The van der Waals surface area contributed by atoms with Gasteiger partial charge >= 0.3 is 0 Å². The molecule has 2 aromatic rings. The van der Waals surface area contributed by atoms with Gasteiger partial charge in [-0.25, -0.2) is 0 Å². The molecule has 0 aliphatic carbocycles. The third-order valence-electron chi connectivity index (χ3n) is 2.62. The SMILES string of the molecule is CCn1nc(C)cc1C(=O)Nc1nn(C)cc1C#N. The second-order valence-corrected chi connectivity index (χ2v) is 4.12. The topological polar surface area (TPSA) is 88.5 Å². The number of carbonyl (C=O) groups is 1. The molecule has 0 saturated heterocycles. The molecule has 0 aliphatic rings. The standard InChI is InChI=1S/C12H14N6O/c1-4-18-10(5-8(2)15-18)12(19)14-11-9(6-13)7-17(3)16-11/h5,7H,4H2,1-3H3,(H,14,16,19). The van der Waals surface area contributed by atoms with E-state index in [0.717, 1.165) is 5.69 Å². The number of hydrogen-bond acceptors (Lipinski definition) is 4. The fraction of sp³-hybridized carbons (Fsp3) is 0.333. The first-order chi connectivity index (χ1) is 9.05. The van der Waals surface area contributed by atoms with Gasteiger partial charge < -0.3 is 5.32 Å². The van der Waals surface area contributed by atoms with Crippen molar-refractivity contribution in [3.63, 3.8) is 0 Å². The second-order valence-electron chi connectivity index (χ2n) is 4.12. The van der Waals surface area contributed by atoms with Crippen LogP contribution in [0.1, 0.15) is 28.7 Å². The molecule has 0 aromatic carbocycles. The van der Waals surface area contributed by atoms with Gasteiger partial charge in [0.25, 0.3) is 5.91 Å². The largest absolute Gasteiger partial charge is 0.303 e. The lowest BCUT2D eigenvalue weighted by molar-refractivity contribution is 0.101. The summed E-state index contributed by atoms with van der Waals surface area (Å²) in [6, 6.07) is 3.69. The molecule has 0 atom stereocenters. The number of nitrogens with zero attached hydrogens (tertiary/aromatic N) is 5. The lowest BCUT2D eigenvalue weighted by Gasteiger charge is -2.04. The summed E-state index contributed by atoms with van der Waals surface area (Å²) in [5, 5.41) is 19.8. The Morgan fingerprint density at radius 1 is 1.53 bits per heavy atom. The van der Waals surface area contributed by atoms with Gasteiger partial charge in [-0.1, -0.05) is 0 Å². The van der Waals surface area contributed by atoms with Gasteiger partial charge in [0.15, 0.2) is 5.82 Å². The predicted octanol–water partition coefficient (Wildman–Crippen LogP) is 1.07. The number of aryl methyl sites for hydroxylation is 3. The Labute approximate surface area is 110 Å². The number of amides is 1. The van der Waals surface area contributed by atoms with Crippen LogP contribution in [0.3, 0.4) is 0 Å². The van der Waals surface area contributed by atoms with Gasteiger partial charge in [0, 0.05) is 19.8 Å². The quantitative estimate of drug-likeness (QED) is 0.891. The van der Waals surface area contributed by atoms with E-state index in [1.807, 2.05) is 19.9 Å². The maximum atomic E-state index is 12.2. The van der Waals surface area contributed by atoms with Gasteiger partial charge in [0.1, 0.15) is 17.3 Å². The van der Waals surface area contributed by atoms with Crippen molar-refractivity contribution in [2.75, 3.05) is 5.32 Å². The Morgan fingerprint density at radius 2 is 2.26 bits per heavy atom. The van der Waals surface area contributed by atoms with Crippen LogP contribution in [0.2, 0.25) is 0 Å². The molecular weight excluding hydrogens is 244 g/mol. The summed E-state index contributed by atoms with van der Waals surface area (Å²) >= 11 is 0. The molecule has 19 heavy (non-hydrogen) atoms. The van der Waals surface area contributed by atoms with E-state index in [4.69, 9.17) is 5.26 Å². The van der Waals surface area contributed by atoms with Crippen molar-refractivity contribution in [1.29, 1.82) is 5.26 Å². The van der Waals surface area contributed by atoms with Crippen molar-refractivity contribution in [2.24, 2.45) is 7.05 Å². The fourth-order valence-corrected chi connectivity index (χ4v) is 1.80. The van der Waals surface area contributed by atoms with Gasteiger partial charge in [-0.3, -0.25) is 14.2 Å². The smallest absolute Gasteiger partial charge is 0.275 e. The first kappa shape index (κ1) is 12.8. The molecule has 0 saturated carbocycles. The molecule has 98 valence electrons. The maximum absolute atomic E-state index is 12.2. The van der Waals surface area contributed by atoms with Crippen LogP contribution < -0.4 is 5.32 Å². The number of rotatable bonds is 3. The van der Waals surface area contributed by atoms with E-state index in [0.29, 0.717) is 17.8 Å². The molecule has 0 bridgehead atoms. The minimum Gasteiger partial charge on any atom is -0.303 e. The highest BCUT2D eigenvalue weighted by atomic mass is 16.2. The third kappa shape index (κ3) is 2.47. The Morgan fingerprint density at radius 3 is 2.89 bits per heavy atom. The zero-order valence-corrected chi connectivity index (χ0v) is 11.0. The van der Waals surface area contributed by atoms with Gasteiger partial charge in [-0.05, 0) is 19.9 Å². The van der Waals surface area contributed by atoms with Crippen LogP contribution in [-0.2, 0) is 13.6 Å². The van der Waals surface area contributed by atoms with E-state index >= 15 is 0 Å². The first-order valence-corrected chi connectivity index (χ1v) is 5.84. The van der Waals surface area contributed by atoms with E-state index in [1.165, 1.54) is 4.68 Å². The molecule has 1 N–H and O–H groups in total. The number of nitrogens with one attached hydrogen (secondary N) is 1. The van der Waals surface area contributed by atoms with E-state index in [-0.39, 0.29) is 11.7 Å². The molecule has 0 spiro atoms. The summed E-state index contributed by atoms with van der Waals surface area (Å²) in [6.45, 7) is 4.33. The molecular formula is C12H14N6O. The molecule has 2 rings (SSSR count). The van der Waals surface area contributed by atoms with E-state index < -0.39 is 0 Å². The Hall–Kier alpha value is -2.62. The van der Waals surface area contributed by atoms with Gasteiger partial charge in [0.05, 0.1) is 5.69 Å². The number of carbonyl (C=O) groups excluding carboxylic acids is 1. The minimum absolute atomic E-state index is 0.261. The molecule has 2 aromatic heterocycles. The summed E-state index contributed by atoms with van der Waals surface area (Å²) in [5.74, 6) is -0.0610. The van der Waals surface area contributed by atoms with E-state index in [2.05, 4.69) is 15.5 Å². The summed E-state index contributed by atoms with van der Waals surface area (Å²) in [7, 11) is 1.69. The molecule has 7 nitrogen and oxygen atoms in total. The van der Waals surface area contributed by atoms with Crippen LogP contribution in [-0.4, -0.2) is 25.5 Å². The summed E-state index contributed by atoms with van der Waals surface area (Å²) in [4.78, 5) is 12.2. The van der Waals surface area contributed by atoms with Crippen LogP contribution in [0.5, 0.6) is 0 Å².